The van der Waals surface area contributed by atoms with E-state index in [2.05, 4.69) is 26.2 Å². The Morgan fingerprint density at radius 3 is 2.88 bits per heavy atom. The van der Waals surface area contributed by atoms with Gasteiger partial charge in [-0.15, -0.1) is 0 Å². The van der Waals surface area contributed by atoms with Crippen molar-refractivity contribution in [2.75, 3.05) is 5.32 Å². The van der Waals surface area contributed by atoms with Crippen LogP contribution in [0.5, 0.6) is 0 Å². The number of aryl methyl sites for hydroxylation is 1. The molecule has 0 unspecified atom stereocenters. The number of anilines is 2. The Morgan fingerprint density at radius 2 is 2.12 bits per heavy atom. The number of benzene rings is 1. The molecule has 0 spiro atoms. The summed E-state index contributed by atoms with van der Waals surface area (Å²) in [5, 5.41) is 3.37. The molecule has 0 fully saturated rings. The summed E-state index contributed by atoms with van der Waals surface area (Å²) in [5.41, 5.74) is 1.32. The minimum atomic E-state index is -0.371. The third-order valence-corrected chi connectivity index (χ3v) is 3.50. The van der Waals surface area contributed by atoms with Gasteiger partial charge >= 0.3 is 0 Å². The number of nitrogens with one attached hydrogen (secondary N) is 1. The second-order valence-corrected chi connectivity index (χ2v) is 4.77. The van der Waals surface area contributed by atoms with Gasteiger partial charge in [-0.25, -0.2) is 9.37 Å². The van der Waals surface area contributed by atoms with Crippen LogP contribution in [0.25, 0.3) is 0 Å². The van der Waals surface area contributed by atoms with Gasteiger partial charge in [0, 0.05) is 11.2 Å². The summed E-state index contributed by atoms with van der Waals surface area (Å²) in [6.45, 7) is 1.94. The van der Waals surface area contributed by atoms with Gasteiger partial charge in [0.05, 0.1) is 10.2 Å². The SMILES string of the molecule is Cc1ccnc(Nc2cc(Cl)ccc2F)c1Br. The van der Waals surface area contributed by atoms with Crippen LogP contribution in [0.15, 0.2) is 34.9 Å². The molecular formula is C12H9BrClFN2. The van der Waals surface area contributed by atoms with Gasteiger partial charge in [0.15, 0.2) is 0 Å². The number of hydrogen-bond donors (Lipinski definition) is 1. The average Bonchev–Trinajstić information content (AvgIpc) is 2.30. The number of nitrogens with zero attached hydrogens (tertiary/aromatic N) is 1. The highest BCUT2D eigenvalue weighted by atomic mass is 79.9. The first-order valence-corrected chi connectivity index (χ1v) is 6.08. The van der Waals surface area contributed by atoms with Crippen molar-refractivity contribution in [1.29, 1.82) is 0 Å². The van der Waals surface area contributed by atoms with E-state index in [1.807, 2.05) is 13.0 Å². The quantitative estimate of drug-likeness (QED) is 0.869. The van der Waals surface area contributed by atoms with Crippen LogP contribution in [-0.2, 0) is 0 Å². The van der Waals surface area contributed by atoms with E-state index >= 15 is 0 Å². The van der Waals surface area contributed by atoms with Crippen molar-refractivity contribution in [3.63, 3.8) is 0 Å². The fourth-order valence-electron chi connectivity index (χ4n) is 1.35. The van der Waals surface area contributed by atoms with E-state index in [1.165, 1.54) is 18.2 Å². The first-order chi connectivity index (χ1) is 8.08. The highest BCUT2D eigenvalue weighted by Gasteiger charge is 2.08. The first-order valence-electron chi connectivity index (χ1n) is 4.91. The Hall–Kier alpha value is -1.13. The largest absolute Gasteiger partial charge is 0.337 e. The van der Waals surface area contributed by atoms with Crippen LogP contribution in [0.4, 0.5) is 15.9 Å². The molecule has 5 heteroatoms. The van der Waals surface area contributed by atoms with Crippen molar-refractivity contribution in [1.82, 2.24) is 4.98 Å². The summed E-state index contributed by atoms with van der Waals surface area (Å²) < 4.78 is 14.3. The van der Waals surface area contributed by atoms with Crippen LogP contribution in [0.2, 0.25) is 5.02 Å². The van der Waals surface area contributed by atoms with Gasteiger partial charge in [-0.05, 0) is 52.7 Å². The van der Waals surface area contributed by atoms with Gasteiger partial charge in [-0.2, -0.15) is 0 Å². The lowest BCUT2D eigenvalue weighted by Crippen LogP contribution is -1.98. The molecule has 2 nitrogen and oxygen atoms in total. The molecule has 1 aromatic carbocycles. The van der Waals surface area contributed by atoms with Crippen LogP contribution >= 0.6 is 27.5 Å². The van der Waals surface area contributed by atoms with E-state index in [4.69, 9.17) is 11.6 Å². The number of pyridine rings is 1. The molecule has 0 aliphatic heterocycles. The molecule has 1 heterocycles. The third kappa shape index (κ3) is 2.76. The fourth-order valence-corrected chi connectivity index (χ4v) is 1.85. The van der Waals surface area contributed by atoms with Crippen LogP contribution in [0, 0.1) is 12.7 Å². The fraction of sp³-hybridized carbons (Fsp3) is 0.0833. The van der Waals surface area contributed by atoms with Crippen molar-refractivity contribution in [3.8, 4) is 0 Å². The maximum atomic E-state index is 13.5. The average molecular weight is 316 g/mol. The van der Waals surface area contributed by atoms with Gasteiger partial charge in [-0.1, -0.05) is 11.6 Å². The first kappa shape index (κ1) is 12.3. The van der Waals surface area contributed by atoms with Crippen molar-refractivity contribution in [2.45, 2.75) is 6.92 Å². The van der Waals surface area contributed by atoms with Crippen molar-refractivity contribution >= 4 is 39.0 Å². The molecule has 1 N–H and O–H groups in total. The number of aromatic nitrogens is 1. The summed E-state index contributed by atoms with van der Waals surface area (Å²) in [4.78, 5) is 4.14. The maximum Gasteiger partial charge on any atom is 0.146 e. The minimum absolute atomic E-state index is 0.302. The van der Waals surface area contributed by atoms with Gasteiger partial charge in [-0.3, -0.25) is 0 Å². The number of hydrogen-bond acceptors (Lipinski definition) is 2. The van der Waals surface area contributed by atoms with Gasteiger partial charge < -0.3 is 5.32 Å². The molecule has 2 aromatic rings. The highest BCUT2D eigenvalue weighted by Crippen LogP contribution is 2.28. The second-order valence-electron chi connectivity index (χ2n) is 3.54. The number of halogens is 3. The van der Waals surface area contributed by atoms with Gasteiger partial charge in [0.25, 0.3) is 0 Å². The summed E-state index contributed by atoms with van der Waals surface area (Å²) >= 11 is 9.22. The van der Waals surface area contributed by atoms with Crippen molar-refractivity contribution in [3.05, 3.63) is 51.3 Å². The molecule has 0 saturated heterocycles. The molecule has 17 heavy (non-hydrogen) atoms. The van der Waals surface area contributed by atoms with Crippen LogP contribution in [-0.4, -0.2) is 4.98 Å². The molecule has 1 aromatic heterocycles. The minimum Gasteiger partial charge on any atom is -0.337 e. The van der Waals surface area contributed by atoms with E-state index in [-0.39, 0.29) is 5.82 Å². The van der Waals surface area contributed by atoms with E-state index in [0.29, 0.717) is 16.5 Å². The topological polar surface area (TPSA) is 24.9 Å². The summed E-state index contributed by atoms with van der Waals surface area (Å²) in [6.07, 6.45) is 1.66. The molecule has 88 valence electrons. The number of rotatable bonds is 2. The summed E-state index contributed by atoms with van der Waals surface area (Å²) in [7, 11) is 0. The summed E-state index contributed by atoms with van der Waals surface area (Å²) in [6, 6.07) is 6.20. The van der Waals surface area contributed by atoms with Crippen LogP contribution in [0.3, 0.4) is 0 Å². The zero-order valence-electron chi connectivity index (χ0n) is 8.97. The second kappa shape index (κ2) is 5.02. The maximum absolute atomic E-state index is 13.5. The Labute approximate surface area is 112 Å². The lowest BCUT2D eigenvalue weighted by atomic mass is 10.2. The predicted molar refractivity (Wildman–Crippen MR) is 71.4 cm³/mol. The smallest absolute Gasteiger partial charge is 0.146 e. The van der Waals surface area contributed by atoms with E-state index in [1.54, 1.807) is 6.20 Å². The van der Waals surface area contributed by atoms with E-state index in [0.717, 1.165) is 10.0 Å². The predicted octanol–water partition coefficient (Wildman–Crippen LogP) is 4.69. The Kier molecular flexibility index (Phi) is 3.64. The molecule has 0 saturated carbocycles. The monoisotopic (exact) mass is 314 g/mol. The zero-order chi connectivity index (χ0) is 12.4. The standard InChI is InChI=1S/C12H9BrClFN2/c1-7-4-5-16-12(11(7)13)17-10-6-8(14)2-3-9(10)15/h2-6H,1H3,(H,16,17). The van der Waals surface area contributed by atoms with Gasteiger partial charge in [0.2, 0.25) is 0 Å². The Bertz CT molecular complexity index is 560. The molecule has 0 bridgehead atoms. The molecule has 0 amide bonds. The van der Waals surface area contributed by atoms with Crippen molar-refractivity contribution in [2.24, 2.45) is 0 Å². The van der Waals surface area contributed by atoms with Crippen molar-refractivity contribution < 1.29 is 4.39 Å². The normalized spacial score (nSPS) is 10.4. The lowest BCUT2D eigenvalue weighted by Gasteiger charge is -2.10. The van der Waals surface area contributed by atoms with E-state index < -0.39 is 0 Å². The lowest BCUT2D eigenvalue weighted by molar-refractivity contribution is 0.632. The summed E-state index contributed by atoms with van der Waals surface area (Å²) in [5.74, 6) is 0.191. The van der Waals surface area contributed by atoms with E-state index in [9.17, 15) is 4.39 Å². The Balaban J connectivity index is 2.38. The molecule has 2 rings (SSSR count). The third-order valence-electron chi connectivity index (χ3n) is 2.26. The van der Waals surface area contributed by atoms with Crippen LogP contribution in [0.1, 0.15) is 5.56 Å². The zero-order valence-corrected chi connectivity index (χ0v) is 11.3. The Morgan fingerprint density at radius 1 is 1.35 bits per heavy atom. The molecular weight excluding hydrogens is 307 g/mol. The molecule has 0 atom stereocenters. The molecule has 0 aliphatic carbocycles. The van der Waals surface area contributed by atoms with Gasteiger partial charge in [0.1, 0.15) is 11.6 Å². The molecule has 0 aliphatic rings. The highest BCUT2D eigenvalue weighted by molar-refractivity contribution is 9.10. The van der Waals surface area contributed by atoms with Crippen LogP contribution < -0.4 is 5.32 Å². The molecule has 0 radical (unpaired) electrons.